The first-order chi connectivity index (χ1) is 18.9. The molecule has 39 heavy (non-hydrogen) atoms. The number of carbonyl (C=O) groups is 2. The summed E-state index contributed by atoms with van der Waals surface area (Å²) < 4.78 is 40.9. The predicted octanol–water partition coefficient (Wildman–Crippen LogP) is 1.91. The Balaban J connectivity index is 1.22. The lowest BCUT2D eigenvalue weighted by atomic mass is 9.97. The molecule has 3 aliphatic rings. The van der Waals surface area contributed by atoms with E-state index < -0.39 is 12.2 Å². The third-order valence-corrected chi connectivity index (χ3v) is 7.41. The minimum atomic E-state index is -2.81. The second kappa shape index (κ2) is 10.4. The molecule has 11 nitrogen and oxygen atoms in total. The van der Waals surface area contributed by atoms with Crippen LogP contribution in [0.5, 0.6) is 5.88 Å². The maximum absolute atomic E-state index is 14.0. The normalized spacial score (nSPS) is 20.3. The lowest BCUT2D eigenvalue weighted by Crippen LogP contribution is -2.54. The van der Waals surface area contributed by atoms with Gasteiger partial charge in [-0.25, -0.2) is 13.8 Å². The van der Waals surface area contributed by atoms with Crippen LogP contribution < -0.4 is 9.64 Å². The van der Waals surface area contributed by atoms with E-state index in [1.807, 2.05) is 4.90 Å². The van der Waals surface area contributed by atoms with Crippen molar-refractivity contribution in [2.24, 2.45) is 11.8 Å². The van der Waals surface area contributed by atoms with Gasteiger partial charge in [0.2, 0.25) is 23.6 Å². The number of rotatable bonds is 7. The number of morpholine rings is 1. The van der Waals surface area contributed by atoms with Crippen LogP contribution in [-0.4, -0.2) is 101 Å². The average molecular weight is 542 g/mol. The van der Waals surface area contributed by atoms with Gasteiger partial charge in [0, 0.05) is 58.2 Å². The van der Waals surface area contributed by atoms with Crippen LogP contribution in [0.1, 0.15) is 18.7 Å². The third-order valence-electron chi connectivity index (χ3n) is 7.41. The summed E-state index contributed by atoms with van der Waals surface area (Å²) in [4.78, 5) is 43.1. The largest absolute Gasteiger partial charge is 0.477 e. The van der Waals surface area contributed by atoms with Crippen LogP contribution in [0.15, 0.2) is 30.3 Å². The Labute approximate surface area is 223 Å². The van der Waals surface area contributed by atoms with Gasteiger partial charge in [-0.15, -0.1) is 0 Å². The Morgan fingerprint density at radius 1 is 1.13 bits per heavy atom. The van der Waals surface area contributed by atoms with E-state index in [-0.39, 0.29) is 41.8 Å². The lowest BCUT2D eigenvalue weighted by molar-refractivity contribution is -0.142. The van der Waals surface area contributed by atoms with Gasteiger partial charge in [0.15, 0.2) is 5.82 Å². The number of hydrogen-bond donors (Lipinski definition) is 0. The van der Waals surface area contributed by atoms with Gasteiger partial charge in [0.1, 0.15) is 5.82 Å². The maximum Gasteiger partial charge on any atom is 0.296 e. The second-order valence-corrected chi connectivity index (χ2v) is 10.2. The summed E-state index contributed by atoms with van der Waals surface area (Å²) in [7, 11) is 1.71. The molecule has 1 aromatic carbocycles. The quantitative estimate of drug-likeness (QED) is 0.447. The highest BCUT2D eigenvalue weighted by Gasteiger charge is 2.39. The number of nitrogens with zero attached hydrogens (tertiary/aromatic N) is 7. The number of benzene rings is 1. The number of fused-ring (bicyclic) bond motifs is 1. The predicted molar refractivity (Wildman–Crippen MR) is 136 cm³/mol. The van der Waals surface area contributed by atoms with Crippen molar-refractivity contribution in [2.75, 3.05) is 64.5 Å². The van der Waals surface area contributed by atoms with Crippen LogP contribution in [0.25, 0.3) is 16.9 Å². The fraction of sp³-hybridized carbons (Fsp3) is 0.500. The van der Waals surface area contributed by atoms with E-state index in [0.717, 1.165) is 0 Å². The van der Waals surface area contributed by atoms with Gasteiger partial charge in [-0.1, -0.05) is 12.1 Å². The average Bonchev–Trinajstić information content (AvgIpc) is 3.48. The van der Waals surface area contributed by atoms with Crippen LogP contribution in [0.3, 0.4) is 0 Å². The molecule has 3 aliphatic heterocycles. The molecule has 1 unspecified atom stereocenters. The molecule has 0 spiro atoms. The van der Waals surface area contributed by atoms with E-state index in [1.54, 1.807) is 47.2 Å². The fourth-order valence-electron chi connectivity index (χ4n) is 5.27. The Kier molecular flexibility index (Phi) is 6.75. The number of halogens is 2. The molecule has 6 rings (SSSR count). The number of imidazole rings is 1. The molecule has 1 atom stereocenters. The first-order valence-electron chi connectivity index (χ1n) is 13.0. The number of carbonyl (C=O) groups excluding carboxylic acids is 2. The van der Waals surface area contributed by atoms with Crippen LogP contribution in [-0.2, 0) is 14.3 Å². The monoisotopic (exact) mass is 541 g/mol. The van der Waals surface area contributed by atoms with Crippen molar-refractivity contribution >= 4 is 28.8 Å². The first-order valence-corrected chi connectivity index (χ1v) is 13.0. The molecule has 0 N–H and O–H groups in total. The molecule has 3 aromatic rings. The molecule has 3 saturated heterocycles. The molecule has 0 aliphatic carbocycles. The van der Waals surface area contributed by atoms with Gasteiger partial charge in [0.05, 0.1) is 36.8 Å². The van der Waals surface area contributed by atoms with E-state index >= 15 is 0 Å². The van der Waals surface area contributed by atoms with E-state index in [4.69, 9.17) is 9.47 Å². The van der Waals surface area contributed by atoms with E-state index in [1.165, 1.54) is 4.57 Å². The molecule has 13 heteroatoms. The van der Waals surface area contributed by atoms with Gasteiger partial charge in [-0.3, -0.25) is 14.2 Å². The number of anilines is 1. The third kappa shape index (κ3) is 4.98. The SMILES string of the molecule is CN1CC(C(=O)N2CC(COc3cc(-n4c(C(F)F)nc5ccccc54)nc(N4CCOCC4)n3)C2)CC1=O. The van der Waals surface area contributed by atoms with E-state index in [0.29, 0.717) is 69.5 Å². The van der Waals surface area contributed by atoms with Crippen molar-refractivity contribution < 1.29 is 27.8 Å². The summed E-state index contributed by atoms with van der Waals surface area (Å²) in [6, 6.07) is 8.47. The summed E-state index contributed by atoms with van der Waals surface area (Å²) in [5.74, 6) is 0.249. The Morgan fingerprint density at radius 2 is 1.90 bits per heavy atom. The Hall–Kier alpha value is -3.87. The standard InChI is InChI=1S/C26H29F2N7O4/c1-32-14-17(10-22(32)36)25(37)34-12-16(13-34)15-39-21-11-20(30-26(31-21)33-6-8-38-9-7-33)35-19-5-3-2-4-18(19)29-24(35)23(27)28/h2-5,11,16-17,23H,6-10,12-15H2,1H3. The number of alkyl halides is 2. The molecule has 206 valence electrons. The first kappa shape index (κ1) is 25.4. The summed E-state index contributed by atoms with van der Waals surface area (Å²) in [6.45, 7) is 3.96. The van der Waals surface area contributed by atoms with Gasteiger partial charge in [-0.2, -0.15) is 9.97 Å². The zero-order chi connectivity index (χ0) is 27.1. The van der Waals surface area contributed by atoms with Crippen molar-refractivity contribution in [1.29, 1.82) is 0 Å². The zero-order valence-corrected chi connectivity index (χ0v) is 21.5. The van der Waals surface area contributed by atoms with Gasteiger partial charge in [0.25, 0.3) is 6.43 Å². The van der Waals surface area contributed by atoms with Crippen LogP contribution in [0.4, 0.5) is 14.7 Å². The molecule has 2 aromatic heterocycles. The van der Waals surface area contributed by atoms with Crippen molar-refractivity contribution in [3.05, 3.63) is 36.2 Å². The molecular weight excluding hydrogens is 512 g/mol. The summed E-state index contributed by atoms with van der Waals surface area (Å²) in [5, 5.41) is 0. The zero-order valence-electron chi connectivity index (χ0n) is 21.5. The maximum atomic E-state index is 14.0. The summed E-state index contributed by atoms with van der Waals surface area (Å²) in [5.41, 5.74) is 0.950. The highest BCUT2D eigenvalue weighted by atomic mass is 19.3. The number of aromatic nitrogens is 4. The van der Waals surface area contributed by atoms with Crippen LogP contribution >= 0.6 is 0 Å². The lowest BCUT2D eigenvalue weighted by Gasteiger charge is -2.40. The summed E-state index contributed by atoms with van der Waals surface area (Å²) >= 11 is 0. The molecular formula is C26H29F2N7O4. The number of hydrogen-bond acceptors (Lipinski definition) is 8. The fourth-order valence-corrected chi connectivity index (χ4v) is 5.27. The van der Waals surface area contributed by atoms with Crippen molar-refractivity contribution in [3.63, 3.8) is 0 Å². The molecule has 2 amide bonds. The summed E-state index contributed by atoms with van der Waals surface area (Å²) in [6.07, 6.45) is -2.55. The number of amides is 2. The molecule has 5 heterocycles. The highest BCUT2D eigenvalue weighted by Crippen LogP contribution is 2.30. The van der Waals surface area contributed by atoms with Crippen molar-refractivity contribution in [3.8, 4) is 11.7 Å². The minimum absolute atomic E-state index is 0.00519. The van der Waals surface area contributed by atoms with Gasteiger partial charge < -0.3 is 24.2 Å². The van der Waals surface area contributed by atoms with Gasteiger partial charge in [-0.05, 0) is 12.1 Å². The van der Waals surface area contributed by atoms with E-state index in [9.17, 15) is 18.4 Å². The van der Waals surface area contributed by atoms with Crippen LogP contribution in [0.2, 0.25) is 0 Å². The number of likely N-dealkylation sites (tertiary alicyclic amines) is 2. The van der Waals surface area contributed by atoms with Crippen LogP contribution in [0, 0.1) is 11.8 Å². The topological polar surface area (TPSA) is 106 Å². The minimum Gasteiger partial charge on any atom is -0.477 e. The molecule has 0 bridgehead atoms. The van der Waals surface area contributed by atoms with Gasteiger partial charge >= 0.3 is 0 Å². The number of para-hydroxylation sites is 2. The molecule has 0 radical (unpaired) electrons. The molecule has 0 saturated carbocycles. The Bertz CT molecular complexity index is 1390. The smallest absolute Gasteiger partial charge is 0.296 e. The second-order valence-electron chi connectivity index (χ2n) is 10.2. The van der Waals surface area contributed by atoms with E-state index in [2.05, 4.69) is 15.0 Å². The molecule has 3 fully saturated rings. The van der Waals surface area contributed by atoms with Crippen molar-refractivity contribution in [2.45, 2.75) is 12.8 Å². The Morgan fingerprint density at radius 3 is 2.62 bits per heavy atom. The highest BCUT2D eigenvalue weighted by molar-refractivity contribution is 5.89. The van der Waals surface area contributed by atoms with Crippen molar-refractivity contribution in [1.82, 2.24) is 29.3 Å². The number of ether oxygens (including phenoxy) is 2.